The Morgan fingerprint density at radius 3 is 1.45 bits per heavy atom. The van der Waals surface area contributed by atoms with E-state index in [1.807, 2.05) is 0 Å². The van der Waals surface area contributed by atoms with Gasteiger partial charge in [0.05, 0.1) is 0 Å². The molecule has 0 fully saturated rings. The van der Waals surface area contributed by atoms with Gasteiger partial charge in [0.15, 0.2) is 11.6 Å². The van der Waals surface area contributed by atoms with E-state index in [0.717, 1.165) is 0 Å². The van der Waals surface area contributed by atoms with E-state index >= 15 is 0 Å². The van der Waals surface area contributed by atoms with Crippen LogP contribution in [0, 0.1) is 0 Å². The fourth-order valence-electron chi connectivity index (χ4n) is 4.13. The number of ketones is 2. The Bertz CT molecular complexity index is 1050. The molecule has 4 rings (SSSR count). The van der Waals surface area contributed by atoms with Gasteiger partial charge in [0.25, 0.3) is 0 Å². The minimum Gasteiger partial charge on any atom is -0.481 e. The zero-order chi connectivity index (χ0) is 20.7. The van der Waals surface area contributed by atoms with Gasteiger partial charge in [-0.05, 0) is 40.8 Å². The number of carbonyl (C=O) groups excluding carboxylic acids is 2. The molecule has 29 heavy (non-hydrogen) atoms. The molecule has 0 heterocycles. The summed E-state index contributed by atoms with van der Waals surface area (Å²) in [6, 6.07) is 13.0. The molecule has 0 amide bonds. The van der Waals surface area contributed by atoms with Gasteiger partial charge in [-0.2, -0.15) is 0 Å². The maximum Gasteiger partial charge on any atom is 0.315 e. The fourth-order valence-corrected chi connectivity index (χ4v) is 4.13. The third-order valence-corrected chi connectivity index (χ3v) is 5.35. The van der Waals surface area contributed by atoms with E-state index in [1.54, 1.807) is 48.5 Å². The maximum atomic E-state index is 12.5. The van der Waals surface area contributed by atoms with Gasteiger partial charge in [0.1, 0.15) is 11.8 Å². The molecule has 6 nitrogen and oxygen atoms in total. The van der Waals surface area contributed by atoms with E-state index in [1.165, 1.54) is 12.2 Å². The molecule has 0 bridgehead atoms. The Labute approximate surface area is 165 Å². The smallest absolute Gasteiger partial charge is 0.315 e. The number of allylic oxidation sites excluding steroid dienone is 2. The number of rotatable bonds is 4. The highest BCUT2D eigenvalue weighted by Crippen LogP contribution is 2.41. The van der Waals surface area contributed by atoms with Crippen LogP contribution in [0.1, 0.15) is 50.1 Å². The lowest BCUT2D eigenvalue weighted by Gasteiger charge is -2.28. The van der Waals surface area contributed by atoms with Gasteiger partial charge in [-0.1, -0.05) is 48.5 Å². The van der Waals surface area contributed by atoms with Crippen molar-refractivity contribution in [1.29, 1.82) is 0 Å². The lowest BCUT2D eigenvalue weighted by atomic mass is 9.74. The van der Waals surface area contributed by atoms with Crippen LogP contribution in [-0.2, 0) is 9.59 Å². The highest BCUT2D eigenvalue weighted by molar-refractivity contribution is 6.11. The van der Waals surface area contributed by atoms with Crippen LogP contribution in [0.2, 0.25) is 0 Å². The number of carboxylic acid groups (broad SMARTS) is 2. The van der Waals surface area contributed by atoms with E-state index in [2.05, 4.69) is 0 Å². The SMILES string of the molecule is O=C1C=C(CC2=CC(=O)c3ccccc3C2C(=O)O)C(C(=O)O)c2ccccc21. The topological polar surface area (TPSA) is 109 Å². The number of hydrogen-bond donors (Lipinski definition) is 2. The van der Waals surface area contributed by atoms with E-state index in [-0.39, 0.29) is 29.1 Å². The first-order valence-corrected chi connectivity index (χ1v) is 9.01. The summed E-state index contributed by atoms with van der Waals surface area (Å²) in [7, 11) is 0. The number of carbonyl (C=O) groups is 4. The number of fused-ring (bicyclic) bond motifs is 2. The van der Waals surface area contributed by atoms with Gasteiger partial charge in [-0.3, -0.25) is 19.2 Å². The second-order valence-electron chi connectivity index (χ2n) is 7.06. The predicted molar refractivity (Wildman–Crippen MR) is 103 cm³/mol. The molecule has 2 aliphatic rings. The van der Waals surface area contributed by atoms with Crippen molar-refractivity contribution in [3.63, 3.8) is 0 Å². The monoisotopic (exact) mass is 388 g/mol. The van der Waals surface area contributed by atoms with Crippen LogP contribution in [0.15, 0.2) is 71.8 Å². The van der Waals surface area contributed by atoms with Crippen molar-refractivity contribution in [2.45, 2.75) is 18.3 Å². The second-order valence-corrected chi connectivity index (χ2v) is 7.06. The standard InChI is InChI=1S/C23H16O6/c24-18-10-12(20(22(26)27)16-7-3-1-5-14(16)18)9-13-11-19(25)15-6-2-4-8-17(15)21(13)23(28)29/h1-8,10-11,20-21H,9H2,(H,26,27)(H,28,29). The molecule has 0 saturated carbocycles. The van der Waals surface area contributed by atoms with Crippen molar-refractivity contribution in [1.82, 2.24) is 0 Å². The first kappa shape index (κ1) is 18.6. The van der Waals surface area contributed by atoms with Crippen molar-refractivity contribution >= 4 is 23.5 Å². The summed E-state index contributed by atoms with van der Waals surface area (Å²) in [5.74, 6) is -5.08. The molecule has 0 aliphatic heterocycles. The molecular weight excluding hydrogens is 372 g/mol. The molecule has 0 aromatic heterocycles. The number of aliphatic carboxylic acids is 2. The van der Waals surface area contributed by atoms with E-state index in [0.29, 0.717) is 22.3 Å². The minimum absolute atomic E-state index is 0.0892. The van der Waals surface area contributed by atoms with Gasteiger partial charge in [-0.15, -0.1) is 0 Å². The Hall–Kier alpha value is -3.80. The van der Waals surface area contributed by atoms with Crippen LogP contribution in [0.3, 0.4) is 0 Å². The number of hydrogen-bond acceptors (Lipinski definition) is 4. The van der Waals surface area contributed by atoms with Crippen LogP contribution >= 0.6 is 0 Å². The molecule has 2 aliphatic carbocycles. The lowest BCUT2D eigenvalue weighted by Crippen LogP contribution is -2.26. The summed E-state index contributed by atoms with van der Waals surface area (Å²) < 4.78 is 0. The van der Waals surface area contributed by atoms with Gasteiger partial charge in [0.2, 0.25) is 0 Å². The van der Waals surface area contributed by atoms with E-state index in [9.17, 15) is 29.4 Å². The third-order valence-electron chi connectivity index (χ3n) is 5.35. The van der Waals surface area contributed by atoms with E-state index in [4.69, 9.17) is 0 Å². The van der Waals surface area contributed by atoms with Gasteiger partial charge < -0.3 is 10.2 Å². The van der Waals surface area contributed by atoms with Crippen LogP contribution in [0.25, 0.3) is 0 Å². The molecule has 6 heteroatoms. The Morgan fingerprint density at radius 1 is 0.690 bits per heavy atom. The summed E-state index contributed by atoms with van der Waals surface area (Å²) in [6.45, 7) is 0. The lowest BCUT2D eigenvalue weighted by molar-refractivity contribution is -0.138. The summed E-state index contributed by atoms with van der Waals surface area (Å²) in [4.78, 5) is 49.0. The molecule has 0 spiro atoms. The third kappa shape index (κ3) is 3.08. The number of carboxylic acids is 2. The van der Waals surface area contributed by atoms with Crippen molar-refractivity contribution < 1.29 is 29.4 Å². The molecule has 0 radical (unpaired) electrons. The second kappa shape index (κ2) is 6.98. The first-order valence-electron chi connectivity index (χ1n) is 9.01. The maximum absolute atomic E-state index is 12.5. The average Bonchev–Trinajstić information content (AvgIpc) is 2.68. The summed E-state index contributed by atoms with van der Waals surface area (Å²) >= 11 is 0. The quantitative estimate of drug-likeness (QED) is 0.831. The van der Waals surface area contributed by atoms with Gasteiger partial charge in [0, 0.05) is 11.1 Å². The number of benzene rings is 2. The van der Waals surface area contributed by atoms with Crippen molar-refractivity contribution in [3.8, 4) is 0 Å². The molecule has 2 aromatic rings. The zero-order valence-electron chi connectivity index (χ0n) is 15.2. The normalized spacial score (nSPS) is 20.3. The average molecular weight is 388 g/mol. The summed E-state index contributed by atoms with van der Waals surface area (Å²) in [5, 5.41) is 19.6. The van der Waals surface area contributed by atoms with Crippen LogP contribution < -0.4 is 0 Å². The first-order chi connectivity index (χ1) is 13.9. The fraction of sp³-hybridized carbons (Fsp3) is 0.130. The van der Waals surface area contributed by atoms with Crippen molar-refractivity contribution in [2.24, 2.45) is 0 Å². The van der Waals surface area contributed by atoms with Crippen molar-refractivity contribution in [2.75, 3.05) is 0 Å². The molecule has 2 N–H and O–H groups in total. The molecular formula is C23H16O6. The Balaban J connectivity index is 1.78. The van der Waals surface area contributed by atoms with Crippen molar-refractivity contribution in [3.05, 3.63) is 94.1 Å². The summed E-state index contributed by atoms with van der Waals surface area (Å²) in [5.41, 5.74) is 1.92. The Morgan fingerprint density at radius 2 is 1.07 bits per heavy atom. The molecule has 2 atom stereocenters. The molecule has 2 aromatic carbocycles. The molecule has 0 saturated heterocycles. The largest absolute Gasteiger partial charge is 0.481 e. The minimum atomic E-state index is -1.13. The highest BCUT2D eigenvalue weighted by atomic mass is 16.4. The van der Waals surface area contributed by atoms with E-state index < -0.39 is 23.8 Å². The predicted octanol–water partition coefficient (Wildman–Crippen LogP) is 3.36. The summed E-state index contributed by atoms with van der Waals surface area (Å²) in [6.07, 6.45) is 2.42. The van der Waals surface area contributed by atoms with Gasteiger partial charge >= 0.3 is 11.9 Å². The molecule has 144 valence electrons. The van der Waals surface area contributed by atoms with Crippen LogP contribution in [-0.4, -0.2) is 33.7 Å². The highest BCUT2D eigenvalue weighted by Gasteiger charge is 2.37. The Kier molecular flexibility index (Phi) is 4.47. The molecule has 2 unspecified atom stereocenters. The van der Waals surface area contributed by atoms with Gasteiger partial charge in [-0.25, -0.2) is 0 Å². The van der Waals surface area contributed by atoms with Crippen LogP contribution in [0.4, 0.5) is 0 Å². The zero-order valence-corrected chi connectivity index (χ0v) is 15.2. The van der Waals surface area contributed by atoms with Crippen LogP contribution in [0.5, 0.6) is 0 Å².